The van der Waals surface area contributed by atoms with Crippen LogP contribution in [0.2, 0.25) is 0 Å². The van der Waals surface area contributed by atoms with Gasteiger partial charge in [-0.05, 0) is 30.7 Å². The molecule has 1 amide bonds. The molecule has 2 aromatic heterocycles. The number of fused-ring (bicyclic) bond motifs is 1. The maximum Gasteiger partial charge on any atom is 0.280 e. The van der Waals surface area contributed by atoms with Gasteiger partial charge in [0, 0.05) is 24.0 Å². The summed E-state index contributed by atoms with van der Waals surface area (Å²) in [6.07, 6.45) is 4.13. The van der Waals surface area contributed by atoms with Crippen molar-refractivity contribution < 1.29 is 14.1 Å². The first-order valence-corrected chi connectivity index (χ1v) is 8.21. The van der Waals surface area contributed by atoms with E-state index in [1.807, 2.05) is 43.3 Å². The molecule has 0 saturated heterocycles. The Hall–Kier alpha value is -3.15. The third kappa shape index (κ3) is 2.87. The topological polar surface area (TPSA) is 68.5 Å². The van der Waals surface area contributed by atoms with Gasteiger partial charge in [-0.2, -0.15) is 0 Å². The van der Waals surface area contributed by atoms with E-state index in [4.69, 9.17) is 9.26 Å². The number of aromatic nitrogens is 2. The Morgan fingerprint density at radius 1 is 1.28 bits per heavy atom. The maximum absolute atomic E-state index is 13.0. The Balaban J connectivity index is 1.66. The average molecular weight is 335 g/mol. The molecule has 0 aliphatic carbocycles. The van der Waals surface area contributed by atoms with E-state index in [0.717, 1.165) is 17.7 Å². The minimum absolute atomic E-state index is 0.0384. The Morgan fingerprint density at radius 3 is 2.96 bits per heavy atom. The molecule has 6 nitrogen and oxygen atoms in total. The molecule has 0 spiro atoms. The molecule has 0 fully saturated rings. The number of pyridine rings is 1. The zero-order valence-corrected chi connectivity index (χ0v) is 13.8. The van der Waals surface area contributed by atoms with Gasteiger partial charge in [-0.25, -0.2) is 0 Å². The van der Waals surface area contributed by atoms with E-state index in [0.29, 0.717) is 18.1 Å². The lowest BCUT2D eigenvalue weighted by molar-refractivity contribution is 0.0946. The van der Waals surface area contributed by atoms with Crippen molar-refractivity contribution in [1.29, 1.82) is 0 Å². The molecule has 4 rings (SSSR count). The molecule has 3 aromatic rings. The SMILES string of the molecule is CC[C@H]1CN(C(=O)c2cc(-c3cccnc3)on2)c2ccccc2O1. The Morgan fingerprint density at radius 2 is 2.16 bits per heavy atom. The Bertz CT molecular complexity index is 892. The number of ether oxygens (including phenoxy) is 1. The fraction of sp³-hybridized carbons (Fsp3) is 0.211. The number of para-hydroxylation sites is 2. The van der Waals surface area contributed by atoms with Crippen LogP contribution in [-0.4, -0.2) is 28.7 Å². The predicted molar refractivity (Wildman–Crippen MR) is 92.6 cm³/mol. The van der Waals surface area contributed by atoms with Crippen LogP contribution in [0, 0.1) is 0 Å². The van der Waals surface area contributed by atoms with Gasteiger partial charge in [0.1, 0.15) is 11.9 Å². The van der Waals surface area contributed by atoms with Crippen LogP contribution in [0.25, 0.3) is 11.3 Å². The molecule has 126 valence electrons. The number of carbonyl (C=O) groups is 1. The minimum atomic E-state index is -0.201. The van der Waals surface area contributed by atoms with E-state index in [-0.39, 0.29) is 17.7 Å². The molecule has 0 radical (unpaired) electrons. The van der Waals surface area contributed by atoms with Gasteiger partial charge in [0.25, 0.3) is 5.91 Å². The lowest BCUT2D eigenvalue weighted by atomic mass is 10.1. The van der Waals surface area contributed by atoms with Gasteiger partial charge >= 0.3 is 0 Å². The van der Waals surface area contributed by atoms with Crippen LogP contribution in [0.15, 0.2) is 59.4 Å². The summed E-state index contributed by atoms with van der Waals surface area (Å²) in [5.74, 6) is 1.03. The van der Waals surface area contributed by atoms with Crippen LogP contribution in [0.3, 0.4) is 0 Å². The van der Waals surface area contributed by atoms with Crippen LogP contribution in [0.5, 0.6) is 5.75 Å². The van der Waals surface area contributed by atoms with Gasteiger partial charge in [-0.1, -0.05) is 24.2 Å². The van der Waals surface area contributed by atoms with Crippen molar-refractivity contribution in [2.45, 2.75) is 19.4 Å². The van der Waals surface area contributed by atoms with E-state index in [1.165, 1.54) is 0 Å². The quantitative estimate of drug-likeness (QED) is 0.732. The molecule has 3 heterocycles. The number of benzene rings is 1. The van der Waals surface area contributed by atoms with Crippen molar-refractivity contribution in [3.8, 4) is 17.1 Å². The van der Waals surface area contributed by atoms with Gasteiger partial charge in [-0.3, -0.25) is 14.7 Å². The molecule has 1 atom stereocenters. The van der Waals surface area contributed by atoms with Crippen LogP contribution in [0.4, 0.5) is 5.69 Å². The summed E-state index contributed by atoms with van der Waals surface area (Å²) in [4.78, 5) is 18.8. The van der Waals surface area contributed by atoms with Gasteiger partial charge in [0.15, 0.2) is 11.5 Å². The molecule has 6 heteroatoms. The largest absolute Gasteiger partial charge is 0.486 e. The van der Waals surface area contributed by atoms with Crippen LogP contribution >= 0.6 is 0 Å². The molecule has 25 heavy (non-hydrogen) atoms. The molecule has 1 aliphatic heterocycles. The first kappa shape index (κ1) is 15.4. The van der Waals surface area contributed by atoms with Gasteiger partial charge < -0.3 is 9.26 Å². The minimum Gasteiger partial charge on any atom is -0.486 e. The van der Waals surface area contributed by atoms with Crippen molar-refractivity contribution in [1.82, 2.24) is 10.1 Å². The van der Waals surface area contributed by atoms with Gasteiger partial charge in [-0.15, -0.1) is 0 Å². The second kappa shape index (κ2) is 6.39. The Kier molecular flexibility index (Phi) is 3.93. The molecular weight excluding hydrogens is 318 g/mol. The number of hydrogen-bond acceptors (Lipinski definition) is 5. The van der Waals surface area contributed by atoms with Crippen LogP contribution in [0.1, 0.15) is 23.8 Å². The van der Waals surface area contributed by atoms with E-state index in [2.05, 4.69) is 10.1 Å². The third-order valence-corrected chi connectivity index (χ3v) is 4.21. The molecule has 0 N–H and O–H groups in total. The lowest BCUT2D eigenvalue weighted by Crippen LogP contribution is -2.43. The third-order valence-electron chi connectivity index (χ3n) is 4.21. The number of rotatable bonds is 3. The number of hydrogen-bond donors (Lipinski definition) is 0. The second-order valence-electron chi connectivity index (χ2n) is 5.85. The fourth-order valence-corrected chi connectivity index (χ4v) is 2.86. The van der Waals surface area contributed by atoms with Gasteiger partial charge in [0.05, 0.1) is 12.2 Å². The maximum atomic E-state index is 13.0. The van der Waals surface area contributed by atoms with E-state index < -0.39 is 0 Å². The number of anilines is 1. The summed E-state index contributed by atoms with van der Waals surface area (Å²) in [7, 11) is 0. The summed E-state index contributed by atoms with van der Waals surface area (Å²) >= 11 is 0. The first-order chi connectivity index (χ1) is 12.3. The Labute approximate surface area is 145 Å². The van der Waals surface area contributed by atoms with Crippen molar-refractivity contribution in [3.05, 3.63) is 60.6 Å². The van der Waals surface area contributed by atoms with Gasteiger partial charge in [0.2, 0.25) is 0 Å². The summed E-state index contributed by atoms with van der Waals surface area (Å²) in [5.41, 5.74) is 1.80. The lowest BCUT2D eigenvalue weighted by Gasteiger charge is -2.34. The molecule has 0 unspecified atom stereocenters. The highest BCUT2D eigenvalue weighted by atomic mass is 16.5. The zero-order valence-electron chi connectivity index (χ0n) is 13.8. The number of carbonyl (C=O) groups excluding carboxylic acids is 1. The molecule has 0 bridgehead atoms. The van der Waals surface area contributed by atoms with E-state index in [1.54, 1.807) is 23.4 Å². The average Bonchev–Trinajstić information content (AvgIpc) is 3.17. The number of nitrogens with zero attached hydrogens (tertiary/aromatic N) is 3. The zero-order chi connectivity index (χ0) is 17.2. The first-order valence-electron chi connectivity index (χ1n) is 8.21. The van der Waals surface area contributed by atoms with E-state index >= 15 is 0 Å². The summed E-state index contributed by atoms with van der Waals surface area (Å²) in [6.45, 7) is 2.53. The van der Waals surface area contributed by atoms with Crippen molar-refractivity contribution in [2.24, 2.45) is 0 Å². The molecule has 1 aromatic carbocycles. The van der Waals surface area contributed by atoms with E-state index in [9.17, 15) is 4.79 Å². The van der Waals surface area contributed by atoms with Crippen molar-refractivity contribution in [3.63, 3.8) is 0 Å². The monoisotopic (exact) mass is 335 g/mol. The standard InChI is InChI=1S/C19H17N3O3/c1-2-14-12-22(16-7-3-4-8-17(16)24-14)19(23)15-10-18(25-21-15)13-6-5-9-20-11-13/h3-11,14H,2,12H2,1H3/t14-/m0/s1. The van der Waals surface area contributed by atoms with Crippen LogP contribution < -0.4 is 9.64 Å². The molecule has 0 saturated carbocycles. The summed E-state index contributed by atoms with van der Waals surface area (Å²) < 4.78 is 11.3. The molecule has 1 aliphatic rings. The van der Waals surface area contributed by atoms with Crippen molar-refractivity contribution in [2.75, 3.05) is 11.4 Å². The van der Waals surface area contributed by atoms with Crippen molar-refractivity contribution >= 4 is 11.6 Å². The highest BCUT2D eigenvalue weighted by Crippen LogP contribution is 2.34. The smallest absolute Gasteiger partial charge is 0.280 e. The second-order valence-corrected chi connectivity index (χ2v) is 5.85. The summed E-state index contributed by atoms with van der Waals surface area (Å²) in [5, 5.41) is 3.96. The molecular formula is C19H17N3O3. The normalized spacial score (nSPS) is 16.2. The van der Waals surface area contributed by atoms with Crippen LogP contribution in [-0.2, 0) is 0 Å². The number of amides is 1. The highest BCUT2D eigenvalue weighted by Gasteiger charge is 2.31. The highest BCUT2D eigenvalue weighted by molar-refractivity contribution is 6.06. The predicted octanol–water partition coefficient (Wildman–Crippen LogP) is 3.55. The fourth-order valence-electron chi connectivity index (χ4n) is 2.86. The summed E-state index contributed by atoms with van der Waals surface area (Å²) in [6, 6.07) is 12.9.